The van der Waals surface area contributed by atoms with Gasteiger partial charge in [0.25, 0.3) is 11.1 Å². The average molecular weight is 597 g/mol. The summed E-state index contributed by atoms with van der Waals surface area (Å²) in [5.74, 6) is 1.31. The number of piperazine rings is 2. The van der Waals surface area contributed by atoms with Gasteiger partial charge in [0.15, 0.2) is 22.3 Å². The van der Waals surface area contributed by atoms with Gasteiger partial charge >= 0.3 is 11.4 Å². The van der Waals surface area contributed by atoms with Crippen molar-refractivity contribution in [1.29, 1.82) is 0 Å². The highest BCUT2D eigenvalue weighted by atomic mass is 16.2. The number of aromatic nitrogens is 8. The van der Waals surface area contributed by atoms with Crippen LogP contribution in [0.25, 0.3) is 22.3 Å². The summed E-state index contributed by atoms with van der Waals surface area (Å²) >= 11 is 0. The van der Waals surface area contributed by atoms with E-state index in [4.69, 9.17) is 9.97 Å². The summed E-state index contributed by atoms with van der Waals surface area (Å²) in [6.45, 7) is 13.6. The smallest absolute Gasteiger partial charge is 0.329 e. The lowest BCUT2D eigenvalue weighted by Gasteiger charge is -2.35. The lowest BCUT2D eigenvalue weighted by atomic mass is 10.3. The largest absolute Gasteiger partial charge is 0.340 e. The van der Waals surface area contributed by atoms with Gasteiger partial charge in [0, 0.05) is 79.5 Å². The van der Waals surface area contributed by atoms with Crippen molar-refractivity contribution in [1.82, 2.24) is 48.0 Å². The van der Waals surface area contributed by atoms with Crippen LogP contribution in [0.3, 0.4) is 0 Å². The molecule has 0 aliphatic carbocycles. The third-order valence-electron chi connectivity index (χ3n) is 8.94. The van der Waals surface area contributed by atoms with Gasteiger partial charge in [0.1, 0.15) is 0 Å². The van der Waals surface area contributed by atoms with Crippen LogP contribution >= 0.6 is 0 Å². The lowest BCUT2D eigenvalue weighted by molar-refractivity contribution is 0.268. The molecule has 0 bridgehead atoms. The van der Waals surface area contributed by atoms with Gasteiger partial charge in [-0.05, 0) is 19.5 Å². The summed E-state index contributed by atoms with van der Waals surface area (Å²) in [6, 6.07) is 0. The van der Waals surface area contributed by atoms with Crippen molar-refractivity contribution in [3.63, 3.8) is 0 Å². The first-order valence-electron chi connectivity index (χ1n) is 15.1. The Morgan fingerprint density at radius 1 is 0.605 bits per heavy atom. The van der Waals surface area contributed by atoms with Gasteiger partial charge in [-0.25, -0.2) is 9.59 Å². The maximum Gasteiger partial charge on any atom is 0.329 e. The molecule has 2 N–H and O–H groups in total. The summed E-state index contributed by atoms with van der Waals surface area (Å²) in [6.07, 6.45) is 0.547. The van der Waals surface area contributed by atoms with Crippen molar-refractivity contribution in [2.75, 3.05) is 75.2 Å². The minimum absolute atomic E-state index is 0.343. The normalized spacial score (nSPS) is 17.1. The molecule has 4 aromatic rings. The molecule has 16 nitrogen and oxygen atoms in total. The summed E-state index contributed by atoms with van der Waals surface area (Å²) in [7, 11) is 3.21. The van der Waals surface area contributed by atoms with Gasteiger partial charge in [-0.3, -0.25) is 28.7 Å². The van der Waals surface area contributed by atoms with E-state index in [0.717, 1.165) is 65.4 Å². The molecule has 2 fully saturated rings. The topological polar surface area (TPSA) is 158 Å². The molecule has 6 heterocycles. The first-order valence-corrected chi connectivity index (χ1v) is 15.1. The van der Waals surface area contributed by atoms with E-state index in [-0.39, 0.29) is 0 Å². The van der Waals surface area contributed by atoms with Crippen LogP contribution in [0.4, 0.5) is 11.9 Å². The third kappa shape index (κ3) is 5.07. The van der Waals surface area contributed by atoms with Crippen LogP contribution in [0.5, 0.6) is 0 Å². The lowest BCUT2D eigenvalue weighted by Crippen LogP contribution is -2.47. The van der Waals surface area contributed by atoms with Crippen molar-refractivity contribution in [2.24, 2.45) is 14.1 Å². The Balaban J connectivity index is 1.37. The number of nitrogens with zero attached hydrogens (tertiary/aromatic N) is 10. The molecule has 0 atom stereocenters. The maximum absolute atomic E-state index is 13.1. The average Bonchev–Trinajstić information content (AvgIpc) is 3.59. The number of anilines is 2. The number of hydrogen-bond donors (Lipinski definition) is 2. The highest BCUT2D eigenvalue weighted by molar-refractivity contribution is 5.75. The molecule has 0 aromatic carbocycles. The summed E-state index contributed by atoms with van der Waals surface area (Å²) < 4.78 is 6.54. The van der Waals surface area contributed by atoms with Gasteiger partial charge in [-0.1, -0.05) is 13.8 Å². The molecule has 16 heteroatoms. The fourth-order valence-corrected chi connectivity index (χ4v) is 6.27. The van der Waals surface area contributed by atoms with Gasteiger partial charge in [0.2, 0.25) is 11.9 Å². The number of H-pyrrole nitrogens is 2. The monoisotopic (exact) mass is 596 g/mol. The minimum Gasteiger partial charge on any atom is -0.340 e. The molecule has 0 spiro atoms. The summed E-state index contributed by atoms with van der Waals surface area (Å²) in [5, 5.41) is 0. The summed E-state index contributed by atoms with van der Waals surface area (Å²) in [4.78, 5) is 74.5. The predicted octanol–water partition coefficient (Wildman–Crippen LogP) is -1.47. The molecule has 0 radical (unpaired) electrons. The highest BCUT2D eigenvalue weighted by Gasteiger charge is 2.27. The maximum atomic E-state index is 13.1. The molecule has 232 valence electrons. The van der Waals surface area contributed by atoms with Crippen LogP contribution in [0.1, 0.15) is 20.3 Å². The van der Waals surface area contributed by atoms with E-state index >= 15 is 0 Å². The Bertz CT molecular complexity index is 1740. The zero-order valence-electron chi connectivity index (χ0n) is 25.3. The van der Waals surface area contributed by atoms with Crippen LogP contribution < -0.4 is 32.3 Å². The molecular formula is C27H40N12O4. The molecule has 6 rings (SSSR count). The number of hydrogen-bond acceptors (Lipinski definition) is 10. The Kier molecular flexibility index (Phi) is 7.72. The molecule has 2 aliphatic heterocycles. The number of imidazole rings is 2. The SMILES string of the molecule is CCN1CCN(c2nc3c(c(=O)[nH]c(=O)n3C)n2CCCn2c(N3CCN(CC)CC3)nc3c2c(=O)[nH]c(=O)n3C)CC1. The van der Waals surface area contributed by atoms with Crippen LogP contribution in [0.15, 0.2) is 19.2 Å². The third-order valence-corrected chi connectivity index (χ3v) is 8.94. The Labute approximate surface area is 246 Å². The van der Waals surface area contributed by atoms with E-state index in [1.807, 2.05) is 9.13 Å². The molecule has 2 saturated heterocycles. The first kappa shape index (κ1) is 28.9. The predicted molar refractivity (Wildman–Crippen MR) is 164 cm³/mol. The Morgan fingerprint density at radius 3 is 1.33 bits per heavy atom. The van der Waals surface area contributed by atoms with Crippen LogP contribution in [0.2, 0.25) is 0 Å². The summed E-state index contributed by atoms with van der Waals surface area (Å²) in [5.41, 5.74) is -0.579. The van der Waals surface area contributed by atoms with E-state index in [2.05, 4.69) is 43.4 Å². The number of rotatable bonds is 8. The second-order valence-electron chi connectivity index (χ2n) is 11.3. The van der Waals surface area contributed by atoms with Gasteiger partial charge in [-0.2, -0.15) is 9.97 Å². The molecule has 0 saturated carbocycles. The van der Waals surface area contributed by atoms with Crippen LogP contribution in [-0.4, -0.2) is 113 Å². The molecule has 0 amide bonds. The molecule has 43 heavy (non-hydrogen) atoms. The second-order valence-corrected chi connectivity index (χ2v) is 11.3. The molecule has 0 unspecified atom stereocenters. The highest BCUT2D eigenvalue weighted by Crippen LogP contribution is 2.24. The number of nitrogens with one attached hydrogen (secondary N) is 2. The van der Waals surface area contributed by atoms with E-state index in [0.29, 0.717) is 53.7 Å². The minimum atomic E-state index is -0.507. The van der Waals surface area contributed by atoms with Crippen molar-refractivity contribution in [3.8, 4) is 0 Å². The zero-order valence-corrected chi connectivity index (χ0v) is 25.3. The van der Waals surface area contributed by atoms with Crippen molar-refractivity contribution >= 4 is 34.2 Å². The van der Waals surface area contributed by atoms with Gasteiger partial charge < -0.3 is 28.7 Å². The Hall–Kier alpha value is -4.18. The number of fused-ring (bicyclic) bond motifs is 2. The molecular weight excluding hydrogens is 556 g/mol. The standard InChI is InChI=1S/C27H40N12O4/c1-5-34-10-14-36(15-11-34)24-28-20-18(22(40)30-26(42)32(20)3)38(24)8-7-9-39-19-21(33(4)27(43)31-23(19)41)29-25(39)37-16-12-35(6-2)13-17-37/h5-17H2,1-4H3,(H,30,40,42)(H,31,41,43). The number of likely N-dealkylation sites (N-methyl/N-ethyl adjacent to an activating group) is 2. The van der Waals surface area contributed by atoms with E-state index in [1.54, 1.807) is 14.1 Å². The van der Waals surface area contributed by atoms with E-state index in [9.17, 15) is 19.2 Å². The molecule has 4 aromatic heterocycles. The van der Waals surface area contributed by atoms with Crippen LogP contribution in [0, 0.1) is 0 Å². The van der Waals surface area contributed by atoms with Gasteiger partial charge in [0.05, 0.1) is 0 Å². The van der Waals surface area contributed by atoms with Gasteiger partial charge in [-0.15, -0.1) is 0 Å². The fraction of sp³-hybridized carbons (Fsp3) is 0.630. The number of aryl methyl sites for hydroxylation is 4. The first-order chi connectivity index (χ1) is 20.7. The van der Waals surface area contributed by atoms with E-state index in [1.165, 1.54) is 9.13 Å². The van der Waals surface area contributed by atoms with Crippen LogP contribution in [-0.2, 0) is 27.2 Å². The van der Waals surface area contributed by atoms with Crippen molar-refractivity contribution in [3.05, 3.63) is 41.7 Å². The quantitative estimate of drug-likeness (QED) is 0.246. The Morgan fingerprint density at radius 2 is 0.977 bits per heavy atom. The second kappa shape index (κ2) is 11.5. The van der Waals surface area contributed by atoms with E-state index < -0.39 is 22.5 Å². The number of aromatic amines is 2. The zero-order chi connectivity index (χ0) is 30.4. The fourth-order valence-electron chi connectivity index (χ4n) is 6.27. The van der Waals surface area contributed by atoms with Crippen molar-refractivity contribution < 1.29 is 0 Å². The van der Waals surface area contributed by atoms with Crippen molar-refractivity contribution in [2.45, 2.75) is 33.4 Å². The molecule has 2 aliphatic rings.